The van der Waals surface area contributed by atoms with Crippen LogP contribution in [0.2, 0.25) is 0 Å². The first-order chi connectivity index (χ1) is 7.24. The predicted octanol–water partition coefficient (Wildman–Crippen LogP) is 1.77. The van der Waals surface area contributed by atoms with Crippen LogP contribution in [0.15, 0.2) is 23.4 Å². The van der Waals surface area contributed by atoms with Gasteiger partial charge in [0.15, 0.2) is 5.82 Å². The molecule has 2 rings (SSSR count). The normalized spacial score (nSPS) is 12.0. The van der Waals surface area contributed by atoms with Gasteiger partial charge in [0.2, 0.25) is 0 Å². The zero-order chi connectivity index (χ0) is 10.8. The lowest BCUT2D eigenvalue weighted by atomic mass is 10.3. The van der Waals surface area contributed by atoms with Crippen molar-refractivity contribution >= 4 is 16.7 Å². The van der Waals surface area contributed by atoms with E-state index in [0.717, 1.165) is 16.8 Å². The standard InChI is InChI=1S/C10H11N3O2/c1-6(13-14)10-11-8-4-3-7(15-2)5-9(8)12-10/h3-5,14H,1-2H3,(H,11,12)/b13-6+. The lowest BCUT2D eigenvalue weighted by molar-refractivity contribution is 0.319. The fourth-order valence-corrected chi connectivity index (χ4v) is 1.33. The van der Waals surface area contributed by atoms with E-state index in [-0.39, 0.29) is 0 Å². The zero-order valence-corrected chi connectivity index (χ0v) is 8.48. The number of oxime groups is 1. The number of nitrogens with one attached hydrogen (secondary N) is 1. The Bertz CT molecular complexity index is 516. The van der Waals surface area contributed by atoms with Crippen molar-refractivity contribution < 1.29 is 9.94 Å². The van der Waals surface area contributed by atoms with Gasteiger partial charge >= 0.3 is 0 Å². The lowest BCUT2D eigenvalue weighted by Crippen LogP contribution is -1.96. The first-order valence-electron chi connectivity index (χ1n) is 4.47. The van der Waals surface area contributed by atoms with Gasteiger partial charge in [-0.05, 0) is 19.1 Å². The number of imidazole rings is 1. The highest BCUT2D eigenvalue weighted by molar-refractivity contribution is 5.97. The van der Waals surface area contributed by atoms with E-state index in [1.54, 1.807) is 14.0 Å². The van der Waals surface area contributed by atoms with Gasteiger partial charge in [-0.1, -0.05) is 5.16 Å². The molecule has 78 valence electrons. The Morgan fingerprint density at radius 2 is 2.33 bits per heavy atom. The van der Waals surface area contributed by atoms with Gasteiger partial charge in [-0.2, -0.15) is 0 Å². The van der Waals surface area contributed by atoms with Crippen LogP contribution < -0.4 is 4.74 Å². The monoisotopic (exact) mass is 205 g/mol. The SMILES string of the molecule is COc1ccc2nc(/C(C)=N/O)[nH]c2c1. The van der Waals surface area contributed by atoms with Crippen molar-refractivity contribution in [3.05, 3.63) is 24.0 Å². The Hall–Kier alpha value is -2.04. The molecule has 0 spiro atoms. The second-order valence-electron chi connectivity index (χ2n) is 3.15. The van der Waals surface area contributed by atoms with E-state index in [1.807, 2.05) is 18.2 Å². The van der Waals surface area contributed by atoms with Gasteiger partial charge in [-0.3, -0.25) is 0 Å². The summed E-state index contributed by atoms with van der Waals surface area (Å²) < 4.78 is 5.09. The highest BCUT2D eigenvalue weighted by Crippen LogP contribution is 2.18. The van der Waals surface area contributed by atoms with Crippen molar-refractivity contribution in [2.24, 2.45) is 5.16 Å². The molecule has 0 aliphatic carbocycles. The number of aromatic nitrogens is 2. The third kappa shape index (κ3) is 1.63. The van der Waals surface area contributed by atoms with Gasteiger partial charge in [-0.25, -0.2) is 4.98 Å². The summed E-state index contributed by atoms with van der Waals surface area (Å²) in [6.45, 7) is 1.68. The number of hydrogen-bond acceptors (Lipinski definition) is 4. The summed E-state index contributed by atoms with van der Waals surface area (Å²) in [7, 11) is 1.61. The number of benzene rings is 1. The van der Waals surface area contributed by atoms with Crippen molar-refractivity contribution in [3.8, 4) is 5.75 Å². The first kappa shape index (κ1) is 9.51. The zero-order valence-electron chi connectivity index (χ0n) is 8.48. The molecule has 0 amide bonds. The number of hydrogen-bond donors (Lipinski definition) is 2. The van der Waals surface area contributed by atoms with E-state index in [4.69, 9.17) is 9.94 Å². The molecule has 5 nitrogen and oxygen atoms in total. The largest absolute Gasteiger partial charge is 0.497 e. The quantitative estimate of drug-likeness (QED) is 0.446. The second-order valence-corrected chi connectivity index (χ2v) is 3.15. The van der Waals surface area contributed by atoms with Crippen LogP contribution in [0.5, 0.6) is 5.75 Å². The lowest BCUT2D eigenvalue weighted by Gasteiger charge is -1.96. The van der Waals surface area contributed by atoms with Crippen LogP contribution in [0.4, 0.5) is 0 Å². The molecule has 0 saturated heterocycles. The van der Waals surface area contributed by atoms with Crippen molar-refractivity contribution in [1.82, 2.24) is 9.97 Å². The van der Waals surface area contributed by atoms with E-state index in [9.17, 15) is 0 Å². The van der Waals surface area contributed by atoms with Crippen molar-refractivity contribution in [2.75, 3.05) is 7.11 Å². The van der Waals surface area contributed by atoms with E-state index in [0.29, 0.717) is 11.5 Å². The summed E-state index contributed by atoms with van der Waals surface area (Å²) in [5.74, 6) is 1.32. The minimum absolute atomic E-state index is 0.449. The minimum Gasteiger partial charge on any atom is -0.497 e. The van der Waals surface area contributed by atoms with Crippen LogP contribution in [0, 0.1) is 0 Å². The maximum Gasteiger partial charge on any atom is 0.156 e. The fourth-order valence-electron chi connectivity index (χ4n) is 1.33. The molecule has 0 atom stereocenters. The maximum absolute atomic E-state index is 8.62. The fraction of sp³-hybridized carbons (Fsp3) is 0.200. The number of nitrogens with zero attached hydrogens (tertiary/aromatic N) is 2. The highest BCUT2D eigenvalue weighted by atomic mass is 16.5. The van der Waals surface area contributed by atoms with Gasteiger partial charge in [-0.15, -0.1) is 0 Å². The van der Waals surface area contributed by atoms with Crippen LogP contribution in [-0.4, -0.2) is 28.0 Å². The van der Waals surface area contributed by atoms with Gasteiger partial charge in [0.25, 0.3) is 0 Å². The smallest absolute Gasteiger partial charge is 0.156 e. The highest BCUT2D eigenvalue weighted by Gasteiger charge is 2.06. The maximum atomic E-state index is 8.62. The molecule has 2 N–H and O–H groups in total. The van der Waals surface area contributed by atoms with E-state index in [2.05, 4.69) is 15.1 Å². The topological polar surface area (TPSA) is 70.5 Å². The van der Waals surface area contributed by atoms with Crippen LogP contribution in [0.3, 0.4) is 0 Å². The Morgan fingerprint density at radius 3 is 3.00 bits per heavy atom. The van der Waals surface area contributed by atoms with Crippen molar-refractivity contribution in [1.29, 1.82) is 0 Å². The van der Waals surface area contributed by atoms with E-state index >= 15 is 0 Å². The van der Waals surface area contributed by atoms with Gasteiger partial charge in [0, 0.05) is 6.07 Å². The summed E-state index contributed by atoms with van der Waals surface area (Å²) in [6, 6.07) is 5.52. The number of fused-ring (bicyclic) bond motifs is 1. The van der Waals surface area contributed by atoms with Crippen LogP contribution >= 0.6 is 0 Å². The van der Waals surface area contributed by atoms with Gasteiger partial charge in [0.05, 0.1) is 18.1 Å². The Morgan fingerprint density at radius 1 is 1.53 bits per heavy atom. The van der Waals surface area contributed by atoms with Crippen LogP contribution in [-0.2, 0) is 0 Å². The van der Waals surface area contributed by atoms with E-state index < -0.39 is 0 Å². The third-order valence-corrected chi connectivity index (χ3v) is 2.18. The molecule has 15 heavy (non-hydrogen) atoms. The van der Waals surface area contributed by atoms with Crippen molar-refractivity contribution in [2.45, 2.75) is 6.92 Å². The number of rotatable bonds is 2. The molecule has 1 heterocycles. The molecule has 0 saturated carbocycles. The summed E-state index contributed by atoms with van der Waals surface area (Å²) in [4.78, 5) is 7.30. The number of H-pyrrole nitrogens is 1. The second kappa shape index (κ2) is 3.61. The van der Waals surface area contributed by atoms with E-state index in [1.165, 1.54) is 0 Å². The Labute approximate surface area is 86.4 Å². The van der Waals surface area contributed by atoms with Crippen LogP contribution in [0.1, 0.15) is 12.7 Å². The predicted molar refractivity (Wildman–Crippen MR) is 56.6 cm³/mol. The average molecular weight is 205 g/mol. The molecule has 0 aliphatic rings. The molecule has 5 heteroatoms. The molecular formula is C10H11N3O2. The third-order valence-electron chi connectivity index (χ3n) is 2.18. The Balaban J connectivity index is 2.56. The molecule has 0 bridgehead atoms. The van der Waals surface area contributed by atoms with Crippen molar-refractivity contribution in [3.63, 3.8) is 0 Å². The summed E-state index contributed by atoms with van der Waals surface area (Å²) in [6.07, 6.45) is 0. The summed E-state index contributed by atoms with van der Waals surface area (Å²) >= 11 is 0. The number of methoxy groups -OCH3 is 1. The molecule has 2 aromatic rings. The molecular weight excluding hydrogens is 194 g/mol. The summed E-state index contributed by atoms with van der Waals surface area (Å²) in [5, 5.41) is 11.7. The first-order valence-corrected chi connectivity index (χ1v) is 4.47. The molecule has 0 aliphatic heterocycles. The van der Waals surface area contributed by atoms with Gasteiger partial charge < -0.3 is 14.9 Å². The Kier molecular flexibility index (Phi) is 2.29. The number of aromatic amines is 1. The molecule has 0 fully saturated rings. The molecule has 0 radical (unpaired) electrons. The summed E-state index contributed by atoms with van der Waals surface area (Å²) in [5.41, 5.74) is 2.12. The molecule has 0 unspecified atom stereocenters. The van der Waals surface area contributed by atoms with Gasteiger partial charge in [0.1, 0.15) is 11.5 Å². The van der Waals surface area contributed by atoms with Crippen LogP contribution in [0.25, 0.3) is 11.0 Å². The molecule has 1 aromatic heterocycles. The number of ether oxygens (including phenoxy) is 1. The minimum atomic E-state index is 0.449. The molecule has 1 aromatic carbocycles. The average Bonchev–Trinajstić information content (AvgIpc) is 2.70.